The fourth-order valence-corrected chi connectivity index (χ4v) is 0.562. The van der Waals surface area contributed by atoms with Crippen LogP contribution in [0.1, 0.15) is 12.6 Å². The SMILES string of the molecule is [B]n1cnc(CC)c1. The number of hydrogen-bond acceptors (Lipinski definition) is 1. The minimum Gasteiger partial charge on any atom is -0.393 e. The molecule has 0 saturated heterocycles. The van der Waals surface area contributed by atoms with E-state index in [2.05, 4.69) is 4.98 Å². The monoisotopic (exact) mass is 106 g/mol. The number of hydrogen-bond donors (Lipinski definition) is 0. The Kier molecular flexibility index (Phi) is 1.37. The van der Waals surface area contributed by atoms with Crippen LogP contribution in [0.15, 0.2) is 12.5 Å². The predicted octanol–water partition coefficient (Wildman–Crippen LogP) is 0.377. The molecule has 0 bridgehead atoms. The number of aryl methyl sites for hydroxylation is 1. The normalized spacial score (nSPS) is 9.62. The lowest BCUT2D eigenvalue weighted by Crippen LogP contribution is -1.82. The van der Waals surface area contributed by atoms with Gasteiger partial charge in [0.2, 0.25) is 7.98 Å². The van der Waals surface area contributed by atoms with E-state index in [1.165, 1.54) is 4.48 Å². The molecule has 8 heavy (non-hydrogen) atoms. The van der Waals surface area contributed by atoms with Gasteiger partial charge in [0.15, 0.2) is 0 Å². The number of imidazole rings is 1. The van der Waals surface area contributed by atoms with Gasteiger partial charge in [-0.1, -0.05) is 6.92 Å². The van der Waals surface area contributed by atoms with Crippen LogP contribution in [0.2, 0.25) is 0 Å². The lowest BCUT2D eigenvalue weighted by atomic mass is 10.3. The molecule has 0 N–H and O–H groups in total. The Bertz CT molecular complexity index is 171. The molecule has 1 aromatic heterocycles. The van der Waals surface area contributed by atoms with E-state index >= 15 is 0 Å². The van der Waals surface area contributed by atoms with Crippen molar-refractivity contribution in [2.45, 2.75) is 13.3 Å². The molecule has 3 heteroatoms. The maximum atomic E-state index is 5.31. The van der Waals surface area contributed by atoms with Crippen LogP contribution in [0.3, 0.4) is 0 Å². The molecule has 0 fully saturated rings. The zero-order valence-electron chi connectivity index (χ0n) is 4.83. The van der Waals surface area contributed by atoms with E-state index in [4.69, 9.17) is 7.98 Å². The highest BCUT2D eigenvalue weighted by molar-refractivity contribution is 6.06. The second-order valence-corrected chi connectivity index (χ2v) is 1.67. The molecular formula is C5H7BN2. The first-order chi connectivity index (χ1) is 3.83. The van der Waals surface area contributed by atoms with Crippen LogP contribution in [-0.2, 0) is 6.42 Å². The van der Waals surface area contributed by atoms with Crippen LogP contribution in [-0.4, -0.2) is 17.4 Å². The summed E-state index contributed by atoms with van der Waals surface area (Å²) in [6, 6.07) is 0. The van der Waals surface area contributed by atoms with Crippen molar-refractivity contribution in [3.8, 4) is 0 Å². The van der Waals surface area contributed by atoms with Gasteiger partial charge < -0.3 is 4.48 Å². The van der Waals surface area contributed by atoms with Gasteiger partial charge in [-0.15, -0.1) is 0 Å². The minimum absolute atomic E-state index is 0.949. The first-order valence-corrected chi connectivity index (χ1v) is 2.61. The summed E-state index contributed by atoms with van der Waals surface area (Å²) >= 11 is 0. The summed E-state index contributed by atoms with van der Waals surface area (Å²) in [4.78, 5) is 3.97. The fraction of sp³-hybridized carbons (Fsp3) is 0.400. The zero-order chi connectivity index (χ0) is 5.98. The third-order valence-corrected chi connectivity index (χ3v) is 1.02. The van der Waals surface area contributed by atoms with Gasteiger partial charge >= 0.3 is 0 Å². The minimum atomic E-state index is 0.949. The standard InChI is InChI=1S/C5H7BN2/c1-2-5-3-8(6)4-7-5/h3-4H,2H2,1H3. The summed E-state index contributed by atoms with van der Waals surface area (Å²) in [6.45, 7) is 2.04. The highest BCUT2D eigenvalue weighted by atomic mass is 14.9. The lowest BCUT2D eigenvalue weighted by molar-refractivity contribution is 1.06. The Morgan fingerprint density at radius 3 is 2.88 bits per heavy atom. The maximum Gasteiger partial charge on any atom is 0.235 e. The maximum absolute atomic E-state index is 5.31. The Balaban J connectivity index is 2.84. The molecular weight excluding hydrogens is 98.9 g/mol. The number of aromatic nitrogens is 2. The van der Waals surface area contributed by atoms with Crippen LogP contribution < -0.4 is 0 Å². The average molecular weight is 106 g/mol. The third-order valence-electron chi connectivity index (χ3n) is 1.02. The van der Waals surface area contributed by atoms with Crippen molar-refractivity contribution in [1.29, 1.82) is 0 Å². The molecule has 0 aliphatic carbocycles. The second-order valence-electron chi connectivity index (χ2n) is 1.67. The van der Waals surface area contributed by atoms with Crippen LogP contribution in [0.25, 0.3) is 0 Å². The molecule has 0 aliphatic heterocycles. The Morgan fingerprint density at radius 1 is 1.88 bits per heavy atom. The summed E-state index contributed by atoms with van der Waals surface area (Å²) in [6.07, 6.45) is 4.35. The molecule has 2 nitrogen and oxygen atoms in total. The molecule has 0 atom stereocenters. The zero-order valence-corrected chi connectivity index (χ0v) is 4.83. The smallest absolute Gasteiger partial charge is 0.235 e. The van der Waals surface area contributed by atoms with Crippen LogP contribution in [0, 0.1) is 0 Å². The van der Waals surface area contributed by atoms with Crippen molar-refractivity contribution in [2.75, 3.05) is 0 Å². The summed E-state index contributed by atoms with van der Waals surface area (Å²) < 4.78 is 1.46. The average Bonchev–Trinajstić information content (AvgIpc) is 2.14. The molecule has 0 amide bonds. The van der Waals surface area contributed by atoms with Crippen molar-refractivity contribution in [3.63, 3.8) is 0 Å². The van der Waals surface area contributed by atoms with E-state index in [9.17, 15) is 0 Å². The van der Waals surface area contributed by atoms with Gasteiger partial charge in [-0.2, -0.15) is 0 Å². The van der Waals surface area contributed by atoms with Gasteiger partial charge in [0.05, 0.1) is 12.0 Å². The van der Waals surface area contributed by atoms with Crippen molar-refractivity contribution < 1.29 is 0 Å². The molecule has 0 saturated carbocycles. The van der Waals surface area contributed by atoms with E-state index in [1.54, 1.807) is 12.5 Å². The molecule has 2 radical (unpaired) electrons. The Morgan fingerprint density at radius 2 is 2.62 bits per heavy atom. The summed E-state index contributed by atoms with van der Waals surface area (Å²) in [5.41, 5.74) is 1.03. The first-order valence-electron chi connectivity index (χ1n) is 2.61. The molecule has 0 spiro atoms. The third kappa shape index (κ3) is 0.913. The molecule has 0 aromatic carbocycles. The summed E-state index contributed by atoms with van der Waals surface area (Å²) in [7, 11) is 5.31. The summed E-state index contributed by atoms with van der Waals surface area (Å²) in [5.74, 6) is 0. The molecule has 40 valence electrons. The molecule has 1 heterocycles. The van der Waals surface area contributed by atoms with E-state index < -0.39 is 0 Å². The molecule has 1 aromatic rings. The van der Waals surface area contributed by atoms with Gasteiger partial charge in [0, 0.05) is 6.20 Å². The van der Waals surface area contributed by atoms with Gasteiger partial charge in [-0.3, -0.25) is 0 Å². The fourth-order valence-electron chi connectivity index (χ4n) is 0.562. The molecule has 0 unspecified atom stereocenters. The Labute approximate surface area is 50.0 Å². The van der Waals surface area contributed by atoms with Gasteiger partial charge in [0.1, 0.15) is 0 Å². The number of rotatable bonds is 1. The van der Waals surface area contributed by atoms with E-state index in [0.717, 1.165) is 12.1 Å². The van der Waals surface area contributed by atoms with Crippen molar-refractivity contribution in [3.05, 3.63) is 18.2 Å². The van der Waals surface area contributed by atoms with Gasteiger partial charge in [0.25, 0.3) is 0 Å². The lowest BCUT2D eigenvalue weighted by Gasteiger charge is -1.81. The van der Waals surface area contributed by atoms with E-state index in [0.29, 0.717) is 0 Å². The summed E-state index contributed by atoms with van der Waals surface area (Å²) in [5, 5.41) is 0. The van der Waals surface area contributed by atoms with Crippen molar-refractivity contribution >= 4 is 7.98 Å². The van der Waals surface area contributed by atoms with Crippen molar-refractivity contribution in [2.24, 2.45) is 0 Å². The second kappa shape index (κ2) is 2.03. The Hall–Kier alpha value is -0.725. The van der Waals surface area contributed by atoms with E-state index in [1.807, 2.05) is 6.92 Å². The predicted molar refractivity (Wildman–Crippen MR) is 32.8 cm³/mol. The number of nitrogens with zero attached hydrogens (tertiary/aromatic N) is 2. The molecule has 0 aliphatic rings. The highest BCUT2D eigenvalue weighted by Crippen LogP contribution is 1.91. The highest BCUT2D eigenvalue weighted by Gasteiger charge is 1.87. The van der Waals surface area contributed by atoms with Crippen LogP contribution in [0.5, 0.6) is 0 Å². The quantitative estimate of drug-likeness (QED) is 0.473. The topological polar surface area (TPSA) is 17.8 Å². The van der Waals surface area contributed by atoms with Gasteiger partial charge in [-0.05, 0) is 6.42 Å². The largest absolute Gasteiger partial charge is 0.393 e. The van der Waals surface area contributed by atoms with Crippen LogP contribution >= 0.6 is 0 Å². The van der Waals surface area contributed by atoms with E-state index in [-0.39, 0.29) is 0 Å². The van der Waals surface area contributed by atoms with Gasteiger partial charge in [-0.25, -0.2) is 4.98 Å². The van der Waals surface area contributed by atoms with Crippen molar-refractivity contribution in [1.82, 2.24) is 9.46 Å². The first kappa shape index (κ1) is 5.41. The van der Waals surface area contributed by atoms with Crippen LogP contribution in [0.4, 0.5) is 0 Å². The molecule has 1 rings (SSSR count).